The van der Waals surface area contributed by atoms with Gasteiger partial charge in [0.05, 0.1) is 24.0 Å². The van der Waals surface area contributed by atoms with Crippen LogP contribution < -0.4 is 10.1 Å². The summed E-state index contributed by atoms with van der Waals surface area (Å²) < 4.78 is 12.9. The molecule has 1 fully saturated rings. The molecular weight excluding hydrogens is 442 g/mol. The largest absolute Gasteiger partial charge is 0.494 e. The number of nitrogens with zero attached hydrogens (tertiary/aromatic N) is 4. The van der Waals surface area contributed by atoms with Crippen LogP contribution in [0.25, 0.3) is 22.4 Å². The first-order valence-electron chi connectivity index (χ1n) is 12.5. The number of aryl methyl sites for hydroxylation is 1. The van der Waals surface area contributed by atoms with Crippen molar-refractivity contribution < 1.29 is 14.1 Å². The SMILES string of the molecule is CCOc1ccc(C(=O)NCCn2cnc3cc(-c4noc(CCC5CCCC5)n4)ccc32)cc1. The number of benzene rings is 2. The zero-order valence-corrected chi connectivity index (χ0v) is 20.1. The lowest BCUT2D eigenvalue weighted by Crippen LogP contribution is -2.27. The number of amides is 1. The van der Waals surface area contributed by atoms with Crippen molar-refractivity contribution in [3.05, 3.63) is 60.2 Å². The van der Waals surface area contributed by atoms with E-state index >= 15 is 0 Å². The molecule has 0 unspecified atom stereocenters. The average molecular weight is 474 g/mol. The van der Waals surface area contributed by atoms with Gasteiger partial charge in [0, 0.05) is 30.6 Å². The summed E-state index contributed by atoms with van der Waals surface area (Å²) >= 11 is 0. The molecule has 8 heteroatoms. The highest BCUT2D eigenvalue weighted by Crippen LogP contribution is 2.29. The van der Waals surface area contributed by atoms with Crippen LogP contribution >= 0.6 is 0 Å². The van der Waals surface area contributed by atoms with Gasteiger partial charge in [-0.3, -0.25) is 4.79 Å². The Kier molecular flexibility index (Phi) is 7.07. The second-order valence-corrected chi connectivity index (χ2v) is 9.06. The molecule has 1 aliphatic rings. The molecule has 2 heterocycles. The predicted octanol–water partition coefficient (Wildman–Crippen LogP) is 5.04. The summed E-state index contributed by atoms with van der Waals surface area (Å²) in [6.45, 7) is 3.64. The van der Waals surface area contributed by atoms with Gasteiger partial charge < -0.3 is 19.1 Å². The molecule has 4 aromatic rings. The Morgan fingerprint density at radius 1 is 1.17 bits per heavy atom. The third-order valence-corrected chi connectivity index (χ3v) is 6.65. The van der Waals surface area contributed by atoms with E-state index in [0.29, 0.717) is 37.0 Å². The Labute approximate surface area is 204 Å². The van der Waals surface area contributed by atoms with E-state index in [0.717, 1.165) is 41.1 Å². The maximum atomic E-state index is 12.4. The van der Waals surface area contributed by atoms with Crippen LogP contribution in [0.5, 0.6) is 5.75 Å². The molecule has 8 nitrogen and oxygen atoms in total. The second-order valence-electron chi connectivity index (χ2n) is 9.06. The number of fused-ring (bicyclic) bond motifs is 1. The quantitative estimate of drug-likeness (QED) is 0.347. The fraction of sp³-hybridized carbons (Fsp3) is 0.407. The van der Waals surface area contributed by atoms with E-state index in [-0.39, 0.29) is 5.91 Å². The summed E-state index contributed by atoms with van der Waals surface area (Å²) in [5.74, 6) is 2.76. The first kappa shape index (κ1) is 23.1. The third kappa shape index (κ3) is 5.53. The van der Waals surface area contributed by atoms with Gasteiger partial charge in [-0.05, 0) is 61.7 Å². The van der Waals surface area contributed by atoms with E-state index in [1.54, 1.807) is 18.5 Å². The van der Waals surface area contributed by atoms with Crippen molar-refractivity contribution in [3.63, 3.8) is 0 Å². The summed E-state index contributed by atoms with van der Waals surface area (Å²) in [5, 5.41) is 7.15. The lowest BCUT2D eigenvalue weighted by Gasteiger charge is -2.08. The van der Waals surface area contributed by atoms with Crippen molar-refractivity contribution in [2.45, 2.75) is 52.0 Å². The Hall–Kier alpha value is -3.68. The number of rotatable bonds is 10. The average Bonchev–Trinajstić information content (AvgIpc) is 3.64. The highest BCUT2D eigenvalue weighted by Gasteiger charge is 2.17. The summed E-state index contributed by atoms with van der Waals surface area (Å²) in [6, 6.07) is 13.1. The fourth-order valence-corrected chi connectivity index (χ4v) is 4.74. The van der Waals surface area contributed by atoms with Crippen molar-refractivity contribution in [2.24, 2.45) is 5.92 Å². The Bertz CT molecular complexity index is 1270. The van der Waals surface area contributed by atoms with Gasteiger partial charge in [-0.25, -0.2) is 4.98 Å². The minimum atomic E-state index is -0.111. The van der Waals surface area contributed by atoms with Crippen molar-refractivity contribution in [3.8, 4) is 17.1 Å². The molecule has 2 aromatic heterocycles. The van der Waals surface area contributed by atoms with Crippen LogP contribution in [0.2, 0.25) is 0 Å². The van der Waals surface area contributed by atoms with Crippen molar-refractivity contribution >= 4 is 16.9 Å². The molecule has 0 atom stereocenters. The van der Waals surface area contributed by atoms with Crippen molar-refractivity contribution in [1.29, 1.82) is 0 Å². The number of aromatic nitrogens is 4. The molecule has 1 saturated carbocycles. The van der Waals surface area contributed by atoms with Crippen LogP contribution in [0, 0.1) is 5.92 Å². The van der Waals surface area contributed by atoms with E-state index in [1.807, 2.05) is 41.8 Å². The molecule has 2 aromatic carbocycles. The molecule has 1 amide bonds. The normalized spacial score (nSPS) is 14.0. The molecule has 35 heavy (non-hydrogen) atoms. The zero-order valence-electron chi connectivity index (χ0n) is 20.1. The fourth-order valence-electron chi connectivity index (χ4n) is 4.74. The van der Waals surface area contributed by atoms with Gasteiger partial charge in [0.2, 0.25) is 11.7 Å². The second kappa shape index (κ2) is 10.7. The summed E-state index contributed by atoms with van der Waals surface area (Å²) in [7, 11) is 0. The Morgan fingerprint density at radius 2 is 2.00 bits per heavy atom. The number of ether oxygens (including phenoxy) is 1. The van der Waals surface area contributed by atoms with E-state index in [2.05, 4.69) is 20.4 Å². The summed E-state index contributed by atoms with van der Waals surface area (Å²) in [5.41, 5.74) is 3.35. The van der Waals surface area contributed by atoms with Crippen LogP contribution in [-0.4, -0.2) is 38.8 Å². The number of carbonyl (C=O) groups excluding carboxylic acids is 1. The summed E-state index contributed by atoms with van der Waals surface area (Å²) in [6.07, 6.45) is 9.11. The first-order chi connectivity index (χ1) is 17.2. The van der Waals surface area contributed by atoms with Crippen molar-refractivity contribution in [2.75, 3.05) is 13.2 Å². The molecular formula is C27H31N5O3. The lowest BCUT2D eigenvalue weighted by atomic mass is 10.0. The predicted molar refractivity (Wildman–Crippen MR) is 133 cm³/mol. The van der Waals surface area contributed by atoms with Gasteiger partial charge in [-0.15, -0.1) is 0 Å². The maximum absolute atomic E-state index is 12.4. The molecule has 1 aliphatic carbocycles. The monoisotopic (exact) mass is 473 g/mol. The molecule has 5 rings (SSSR count). The Morgan fingerprint density at radius 3 is 2.80 bits per heavy atom. The highest BCUT2D eigenvalue weighted by molar-refractivity contribution is 5.94. The molecule has 0 spiro atoms. The molecule has 0 aliphatic heterocycles. The van der Waals surface area contributed by atoms with Gasteiger partial charge in [0.15, 0.2) is 0 Å². The van der Waals surface area contributed by atoms with Gasteiger partial charge >= 0.3 is 0 Å². The first-order valence-corrected chi connectivity index (χ1v) is 12.5. The third-order valence-electron chi connectivity index (χ3n) is 6.65. The summed E-state index contributed by atoms with van der Waals surface area (Å²) in [4.78, 5) is 21.6. The minimum absolute atomic E-state index is 0.111. The van der Waals surface area contributed by atoms with Crippen LogP contribution in [0.3, 0.4) is 0 Å². The van der Waals surface area contributed by atoms with E-state index in [4.69, 9.17) is 9.26 Å². The standard InChI is InChI=1S/C27H31N5O3/c1-2-34-22-11-8-20(9-12-22)27(33)28-15-16-32-18-29-23-17-21(10-13-24(23)32)26-30-25(35-31-26)14-7-19-5-3-4-6-19/h8-13,17-19H,2-7,14-16H2,1H3,(H,28,33). The Balaban J connectivity index is 1.17. The van der Waals surface area contributed by atoms with Crippen LogP contribution in [0.4, 0.5) is 0 Å². The van der Waals surface area contributed by atoms with Gasteiger partial charge in [0.25, 0.3) is 5.91 Å². The molecule has 182 valence electrons. The number of hydrogen-bond acceptors (Lipinski definition) is 6. The smallest absolute Gasteiger partial charge is 0.251 e. The van der Waals surface area contributed by atoms with E-state index in [9.17, 15) is 4.79 Å². The molecule has 1 N–H and O–H groups in total. The number of nitrogens with one attached hydrogen (secondary N) is 1. The molecule has 0 radical (unpaired) electrons. The van der Waals surface area contributed by atoms with Crippen LogP contribution in [-0.2, 0) is 13.0 Å². The maximum Gasteiger partial charge on any atom is 0.251 e. The van der Waals surface area contributed by atoms with E-state index in [1.165, 1.54) is 25.7 Å². The molecule has 0 saturated heterocycles. The minimum Gasteiger partial charge on any atom is -0.494 e. The van der Waals surface area contributed by atoms with Gasteiger partial charge in [-0.1, -0.05) is 30.8 Å². The van der Waals surface area contributed by atoms with Crippen LogP contribution in [0.1, 0.15) is 55.3 Å². The highest BCUT2D eigenvalue weighted by atomic mass is 16.5. The number of carbonyl (C=O) groups is 1. The van der Waals surface area contributed by atoms with E-state index < -0.39 is 0 Å². The zero-order chi connectivity index (χ0) is 24.0. The van der Waals surface area contributed by atoms with Gasteiger partial charge in [0.1, 0.15) is 5.75 Å². The number of imidazole rings is 1. The van der Waals surface area contributed by atoms with Crippen molar-refractivity contribution in [1.82, 2.24) is 25.0 Å². The van der Waals surface area contributed by atoms with Crippen LogP contribution in [0.15, 0.2) is 53.3 Å². The molecule has 0 bridgehead atoms. The number of hydrogen-bond donors (Lipinski definition) is 1. The topological polar surface area (TPSA) is 95.1 Å². The van der Waals surface area contributed by atoms with Gasteiger partial charge in [-0.2, -0.15) is 4.98 Å². The lowest BCUT2D eigenvalue weighted by molar-refractivity contribution is 0.0952.